The highest BCUT2D eigenvalue weighted by atomic mass is 79.9. The molecule has 0 amide bonds. The summed E-state index contributed by atoms with van der Waals surface area (Å²) in [6.45, 7) is 0. The van der Waals surface area contributed by atoms with Crippen LogP contribution in [0.1, 0.15) is 17.2 Å². The fourth-order valence-electron chi connectivity index (χ4n) is 1.57. The second-order valence-corrected chi connectivity index (χ2v) is 7.33. The third-order valence-electron chi connectivity index (χ3n) is 2.47. The molecule has 0 aliphatic heterocycles. The number of hydrogen-bond donors (Lipinski definition) is 1. The number of halogens is 3. The van der Waals surface area contributed by atoms with Gasteiger partial charge in [0.05, 0.1) is 14.7 Å². The molecule has 1 N–H and O–H groups in total. The van der Waals surface area contributed by atoms with Gasteiger partial charge in [0.25, 0.3) is 0 Å². The van der Waals surface area contributed by atoms with Gasteiger partial charge in [0.1, 0.15) is 6.10 Å². The van der Waals surface area contributed by atoms with Gasteiger partial charge in [-0.2, -0.15) is 0 Å². The maximum absolute atomic E-state index is 13.3. The number of aliphatic hydroxyl groups excluding tert-OH is 1. The second-order valence-electron chi connectivity index (χ2n) is 3.58. The summed E-state index contributed by atoms with van der Waals surface area (Å²) in [7, 11) is 1.39. The molecule has 2 aromatic rings. The van der Waals surface area contributed by atoms with E-state index in [0.717, 1.165) is 13.1 Å². The highest BCUT2D eigenvalue weighted by Crippen LogP contribution is 2.38. The monoisotopic (exact) mass is 394 g/mol. The minimum atomic E-state index is -0.823. The standard InChI is InChI=1S/C12H9Br2FO2S/c1-17-9-4-6(2-3-8(9)15)11(16)7-5-10(13)18-12(7)14/h2-5,11,16H,1H3. The third-order valence-corrected chi connectivity index (χ3v) is 4.85. The van der Waals surface area contributed by atoms with E-state index in [4.69, 9.17) is 4.74 Å². The fraction of sp³-hybridized carbons (Fsp3) is 0.167. The van der Waals surface area contributed by atoms with Crippen LogP contribution in [-0.2, 0) is 0 Å². The number of hydrogen-bond acceptors (Lipinski definition) is 3. The van der Waals surface area contributed by atoms with E-state index in [1.54, 1.807) is 6.07 Å². The lowest BCUT2D eigenvalue weighted by Gasteiger charge is -2.12. The average Bonchev–Trinajstić information content (AvgIpc) is 2.68. The van der Waals surface area contributed by atoms with Gasteiger partial charge in [0.2, 0.25) is 0 Å². The van der Waals surface area contributed by atoms with E-state index >= 15 is 0 Å². The Bertz CT molecular complexity index is 571. The van der Waals surface area contributed by atoms with Crippen molar-refractivity contribution < 1.29 is 14.2 Å². The summed E-state index contributed by atoms with van der Waals surface area (Å²) in [5.74, 6) is -0.323. The highest BCUT2D eigenvalue weighted by molar-refractivity contribution is 9.12. The number of aliphatic hydroxyl groups is 1. The molecule has 1 unspecified atom stereocenters. The van der Waals surface area contributed by atoms with E-state index in [9.17, 15) is 9.50 Å². The zero-order valence-electron chi connectivity index (χ0n) is 9.28. The van der Waals surface area contributed by atoms with Gasteiger partial charge in [-0.05, 0) is 55.6 Å². The van der Waals surface area contributed by atoms with Crippen LogP contribution in [0.2, 0.25) is 0 Å². The molecule has 1 heterocycles. The number of rotatable bonds is 3. The Kier molecular flexibility index (Phi) is 4.42. The maximum atomic E-state index is 13.3. The zero-order chi connectivity index (χ0) is 13.3. The van der Waals surface area contributed by atoms with Crippen molar-refractivity contribution in [3.8, 4) is 5.75 Å². The molecule has 1 aromatic carbocycles. The molecule has 0 saturated carbocycles. The summed E-state index contributed by atoms with van der Waals surface area (Å²) in [5, 5.41) is 10.3. The summed E-state index contributed by atoms with van der Waals surface area (Å²) in [6, 6.07) is 6.15. The topological polar surface area (TPSA) is 29.5 Å². The summed E-state index contributed by atoms with van der Waals surface area (Å²) in [4.78, 5) is 0. The van der Waals surface area contributed by atoms with Crippen molar-refractivity contribution in [2.45, 2.75) is 6.10 Å². The Hall–Kier alpha value is -0.430. The molecule has 0 spiro atoms. The third kappa shape index (κ3) is 2.77. The van der Waals surface area contributed by atoms with Crippen molar-refractivity contribution in [2.75, 3.05) is 7.11 Å². The van der Waals surface area contributed by atoms with Gasteiger partial charge in [-0.1, -0.05) is 6.07 Å². The first-order chi connectivity index (χ1) is 8.52. The van der Waals surface area contributed by atoms with Gasteiger partial charge >= 0.3 is 0 Å². The Labute approximate surface area is 125 Å². The molecular weight excluding hydrogens is 387 g/mol. The normalized spacial score (nSPS) is 12.5. The molecule has 2 rings (SSSR count). The van der Waals surface area contributed by atoms with Crippen LogP contribution in [-0.4, -0.2) is 12.2 Å². The highest BCUT2D eigenvalue weighted by Gasteiger charge is 2.18. The molecule has 0 bridgehead atoms. The number of thiophene rings is 1. The quantitative estimate of drug-likeness (QED) is 0.828. The minimum Gasteiger partial charge on any atom is -0.494 e. The van der Waals surface area contributed by atoms with Crippen LogP contribution in [0, 0.1) is 5.82 Å². The van der Waals surface area contributed by atoms with E-state index in [2.05, 4.69) is 31.9 Å². The maximum Gasteiger partial charge on any atom is 0.165 e. The molecular formula is C12H9Br2FO2S. The average molecular weight is 396 g/mol. The lowest BCUT2D eigenvalue weighted by Crippen LogP contribution is -2.00. The Balaban J connectivity index is 2.39. The number of benzene rings is 1. The summed E-state index contributed by atoms with van der Waals surface area (Å²) < 4.78 is 20.0. The van der Waals surface area contributed by atoms with E-state index < -0.39 is 11.9 Å². The van der Waals surface area contributed by atoms with Crippen molar-refractivity contribution in [3.05, 3.63) is 48.8 Å². The molecule has 0 radical (unpaired) electrons. The molecule has 0 fully saturated rings. The smallest absolute Gasteiger partial charge is 0.165 e. The van der Waals surface area contributed by atoms with Crippen LogP contribution in [0.3, 0.4) is 0 Å². The van der Waals surface area contributed by atoms with Crippen molar-refractivity contribution in [1.82, 2.24) is 0 Å². The molecule has 0 saturated heterocycles. The SMILES string of the molecule is COc1cc(C(O)c2cc(Br)sc2Br)ccc1F. The molecule has 18 heavy (non-hydrogen) atoms. The van der Waals surface area contributed by atoms with Crippen molar-refractivity contribution in [2.24, 2.45) is 0 Å². The molecule has 2 nitrogen and oxygen atoms in total. The van der Waals surface area contributed by atoms with Crippen LogP contribution >= 0.6 is 43.2 Å². The van der Waals surface area contributed by atoms with Crippen molar-refractivity contribution in [3.63, 3.8) is 0 Å². The summed E-state index contributed by atoms with van der Waals surface area (Å²) >= 11 is 8.22. The predicted octanol–water partition coefficient (Wildman–Crippen LogP) is 4.50. The number of ether oxygens (including phenoxy) is 1. The second kappa shape index (κ2) is 5.69. The van der Waals surface area contributed by atoms with E-state index in [1.807, 2.05) is 6.07 Å². The van der Waals surface area contributed by atoms with Crippen molar-refractivity contribution >= 4 is 43.2 Å². The molecule has 1 aromatic heterocycles. The van der Waals surface area contributed by atoms with Gasteiger partial charge in [-0.3, -0.25) is 0 Å². The van der Waals surface area contributed by atoms with Gasteiger partial charge in [0, 0.05) is 5.56 Å². The Morgan fingerprint density at radius 1 is 1.33 bits per heavy atom. The van der Waals surface area contributed by atoms with Gasteiger partial charge in [0.15, 0.2) is 11.6 Å². The number of methoxy groups -OCH3 is 1. The summed E-state index contributed by atoms with van der Waals surface area (Å²) in [5.41, 5.74) is 1.32. The summed E-state index contributed by atoms with van der Waals surface area (Å²) in [6.07, 6.45) is -0.823. The first-order valence-electron chi connectivity index (χ1n) is 4.99. The van der Waals surface area contributed by atoms with Gasteiger partial charge in [-0.25, -0.2) is 4.39 Å². The van der Waals surface area contributed by atoms with Crippen molar-refractivity contribution in [1.29, 1.82) is 0 Å². The first-order valence-corrected chi connectivity index (χ1v) is 7.39. The van der Waals surface area contributed by atoms with Crippen LogP contribution in [0.4, 0.5) is 4.39 Å². The van der Waals surface area contributed by atoms with Gasteiger partial charge < -0.3 is 9.84 Å². The van der Waals surface area contributed by atoms with E-state index in [1.165, 1.54) is 30.6 Å². The van der Waals surface area contributed by atoms with Crippen LogP contribution < -0.4 is 4.74 Å². The van der Waals surface area contributed by atoms with E-state index in [-0.39, 0.29) is 5.75 Å². The molecule has 0 aliphatic rings. The lowest BCUT2D eigenvalue weighted by molar-refractivity contribution is 0.219. The Morgan fingerprint density at radius 3 is 2.61 bits per heavy atom. The first kappa shape index (κ1) is 14.0. The molecule has 1 atom stereocenters. The molecule has 96 valence electrons. The zero-order valence-corrected chi connectivity index (χ0v) is 13.3. The largest absolute Gasteiger partial charge is 0.494 e. The van der Waals surface area contributed by atoms with Gasteiger partial charge in [-0.15, -0.1) is 11.3 Å². The predicted molar refractivity (Wildman–Crippen MR) is 76.7 cm³/mol. The Morgan fingerprint density at radius 2 is 2.06 bits per heavy atom. The molecule has 6 heteroatoms. The fourth-order valence-corrected chi connectivity index (χ4v) is 4.45. The van der Waals surface area contributed by atoms with Crippen LogP contribution in [0.15, 0.2) is 31.8 Å². The lowest BCUT2D eigenvalue weighted by atomic mass is 10.0. The minimum absolute atomic E-state index is 0.122. The van der Waals surface area contributed by atoms with E-state index in [0.29, 0.717) is 5.56 Å². The van der Waals surface area contributed by atoms with Crippen LogP contribution in [0.5, 0.6) is 5.75 Å². The molecule has 0 aliphatic carbocycles. The van der Waals surface area contributed by atoms with Crippen LogP contribution in [0.25, 0.3) is 0 Å².